The monoisotopic (exact) mass is 378 g/mol. The quantitative estimate of drug-likeness (QED) is 0.344. The Morgan fingerprint density at radius 2 is 1.81 bits per heavy atom. The van der Waals surface area contributed by atoms with Gasteiger partial charge in [0.15, 0.2) is 5.11 Å². The van der Waals surface area contributed by atoms with E-state index in [9.17, 15) is 0 Å². The summed E-state index contributed by atoms with van der Waals surface area (Å²) in [6.07, 6.45) is 1.78. The molecule has 1 aromatic rings. The zero-order chi connectivity index (χ0) is 18.0. The summed E-state index contributed by atoms with van der Waals surface area (Å²) >= 11 is 5.25. The van der Waals surface area contributed by atoms with Crippen molar-refractivity contribution in [2.45, 2.75) is 0 Å². The molecule has 3 N–H and O–H groups in total. The van der Waals surface area contributed by atoms with Crippen molar-refractivity contribution >= 4 is 29.2 Å². The van der Waals surface area contributed by atoms with Gasteiger partial charge in [-0.3, -0.25) is 5.43 Å². The molecule has 26 heavy (non-hydrogen) atoms. The minimum absolute atomic E-state index is 0.554. The number of ether oxygens (including phenoxy) is 2. The molecule has 2 aliphatic rings. The topological polar surface area (TPSA) is 62.6 Å². The van der Waals surface area contributed by atoms with Gasteiger partial charge in [-0.15, -0.1) is 0 Å². The number of rotatable bonds is 6. The normalized spacial score (nSPS) is 18.8. The number of thiocarbonyl (C=S) groups is 1. The molecular weight excluding hydrogens is 350 g/mol. The average Bonchev–Trinajstić information content (AvgIpc) is 2.70. The number of nitrogens with zero attached hydrogens (tertiary/aromatic N) is 2. The summed E-state index contributed by atoms with van der Waals surface area (Å²) in [6.45, 7) is 9.21. The summed E-state index contributed by atoms with van der Waals surface area (Å²) in [4.78, 5) is 3.88. The van der Waals surface area contributed by atoms with Gasteiger partial charge in [0.25, 0.3) is 0 Å². The van der Waals surface area contributed by atoms with Crippen molar-refractivity contribution in [2.24, 2.45) is 5.10 Å². The molecule has 1 aromatic carbocycles. The first-order valence-electron chi connectivity index (χ1n) is 9.22. The number of hydrogen-bond donors (Lipinski definition) is 3. The van der Waals surface area contributed by atoms with E-state index in [0.29, 0.717) is 5.11 Å². The molecule has 0 saturated carbocycles. The van der Waals surface area contributed by atoms with Crippen molar-refractivity contribution in [3.8, 4) is 0 Å². The molecule has 2 aliphatic heterocycles. The standard InChI is InChI=1S/C18H27N5O2S/c26-18(19-5-6-22-7-11-24-12-8-22)21-20-15-16-1-3-17(4-2-16)23-9-13-25-14-10-23/h1-4,15H,5-14H2,(H2,19,21,26)/p+1/b20-15-. The van der Waals surface area contributed by atoms with Gasteiger partial charge in [0, 0.05) is 18.8 Å². The van der Waals surface area contributed by atoms with Crippen molar-refractivity contribution in [1.29, 1.82) is 0 Å². The van der Waals surface area contributed by atoms with Crippen molar-refractivity contribution in [3.05, 3.63) is 29.8 Å². The minimum Gasteiger partial charge on any atom is -0.378 e. The number of hydrogen-bond acceptors (Lipinski definition) is 5. The van der Waals surface area contributed by atoms with Gasteiger partial charge in [0.2, 0.25) is 0 Å². The lowest BCUT2D eigenvalue weighted by molar-refractivity contribution is -0.906. The third-order valence-corrected chi connectivity index (χ3v) is 4.85. The van der Waals surface area contributed by atoms with E-state index in [1.54, 1.807) is 11.1 Å². The zero-order valence-corrected chi connectivity index (χ0v) is 15.9. The average molecular weight is 379 g/mol. The number of anilines is 1. The van der Waals surface area contributed by atoms with Crippen LogP contribution in [-0.4, -0.2) is 77.0 Å². The van der Waals surface area contributed by atoms with Crippen LogP contribution in [0.15, 0.2) is 29.4 Å². The van der Waals surface area contributed by atoms with Gasteiger partial charge in [0.05, 0.1) is 45.7 Å². The van der Waals surface area contributed by atoms with Crippen LogP contribution in [0.5, 0.6) is 0 Å². The first-order chi connectivity index (χ1) is 12.8. The van der Waals surface area contributed by atoms with Gasteiger partial charge < -0.3 is 24.6 Å². The molecule has 0 atom stereocenters. The van der Waals surface area contributed by atoms with Gasteiger partial charge >= 0.3 is 0 Å². The molecule has 0 aliphatic carbocycles. The van der Waals surface area contributed by atoms with E-state index in [-0.39, 0.29) is 0 Å². The maximum atomic E-state index is 5.39. The summed E-state index contributed by atoms with van der Waals surface area (Å²) < 4.78 is 10.7. The Kier molecular flexibility index (Phi) is 7.63. The zero-order valence-electron chi connectivity index (χ0n) is 15.1. The highest BCUT2D eigenvalue weighted by atomic mass is 32.1. The molecule has 0 spiro atoms. The smallest absolute Gasteiger partial charge is 0.187 e. The van der Waals surface area contributed by atoms with Crippen LogP contribution in [0, 0.1) is 0 Å². The third kappa shape index (κ3) is 6.21. The molecular formula is C18H28N5O2S+. The minimum atomic E-state index is 0.554. The SMILES string of the molecule is S=C(NCC[NH+]1CCOCC1)N/N=C\c1ccc(N2CCOCC2)cc1. The Morgan fingerprint density at radius 1 is 1.12 bits per heavy atom. The largest absolute Gasteiger partial charge is 0.378 e. The van der Waals surface area contributed by atoms with E-state index in [1.165, 1.54) is 5.69 Å². The highest BCUT2D eigenvalue weighted by Crippen LogP contribution is 2.15. The Labute approximate surface area is 160 Å². The number of benzene rings is 1. The number of morpholine rings is 2. The van der Waals surface area contributed by atoms with Crippen LogP contribution in [0.1, 0.15) is 5.56 Å². The highest BCUT2D eigenvalue weighted by molar-refractivity contribution is 7.80. The fourth-order valence-electron chi connectivity index (χ4n) is 3.06. The summed E-state index contributed by atoms with van der Waals surface area (Å²) in [7, 11) is 0. The Hall–Kier alpha value is -1.74. The Morgan fingerprint density at radius 3 is 2.54 bits per heavy atom. The molecule has 142 valence electrons. The molecule has 8 heteroatoms. The fraction of sp³-hybridized carbons (Fsp3) is 0.556. The first-order valence-corrected chi connectivity index (χ1v) is 9.63. The van der Waals surface area contributed by atoms with E-state index in [2.05, 4.69) is 45.0 Å². The van der Waals surface area contributed by atoms with Crippen LogP contribution < -0.4 is 20.5 Å². The van der Waals surface area contributed by atoms with Crippen molar-refractivity contribution in [2.75, 3.05) is 70.6 Å². The van der Waals surface area contributed by atoms with Crippen LogP contribution in [0.4, 0.5) is 5.69 Å². The summed E-state index contributed by atoms with van der Waals surface area (Å²) in [5.41, 5.74) is 5.14. The van der Waals surface area contributed by atoms with Crippen molar-refractivity contribution < 1.29 is 14.4 Å². The van der Waals surface area contributed by atoms with Crippen LogP contribution in [0.2, 0.25) is 0 Å². The number of nitrogens with one attached hydrogen (secondary N) is 3. The maximum absolute atomic E-state index is 5.39. The molecule has 0 bridgehead atoms. The predicted octanol–water partition coefficient (Wildman–Crippen LogP) is -0.764. The van der Waals surface area contributed by atoms with Crippen LogP contribution in [-0.2, 0) is 9.47 Å². The molecule has 0 unspecified atom stereocenters. The second kappa shape index (κ2) is 10.4. The lowest BCUT2D eigenvalue weighted by Crippen LogP contribution is -3.14. The fourth-order valence-corrected chi connectivity index (χ4v) is 3.22. The summed E-state index contributed by atoms with van der Waals surface area (Å²) in [6, 6.07) is 8.37. The maximum Gasteiger partial charge on any atom is 0.187 e. The first kappa shape index (κ1) is 19.0. The molecule has 7 nitrogen and oxygen atoms in total. The molecule has 3 rings (SSSR count). The molecule has 2 heterocycles. The van der Waals surface area contributed by atoms with Crippen LogP contribution >= 0.6 is 12.2 Å². The second-order valence-electron chi connectivity index (χ2n) is 6.43. The van der Waals surface area contributed by atoms with E-state index >= 15 is 0 Å². The van der Waals surface area contributed by atoms with E-state index in [4.69, 9.17) is 21.7 Å². The van der Waals surface area contributed by atoms with E-state index in [0.717, 1.165) is 71.3 Å². The third-order valence-electron chi connectivity index (χ3n) is 4.61. The lowest BCUT2D eigenvalue weighted by atomic mass is 10.2. The molecule has 0 aromatic heterocycles. The van der Waals surface area contributed by atoms with Gasteiger partial charge in [-0.2, -0.15) is 5.10 Å². The van der Waals surface area contributed by atoms with Crippen molar-refractivity contribution in [3.63, 3.8) is 0 Å². The molecule has 2 saturated heterocycles. The van der Waals surface area contributed by atoms with Crippen molar-refractivity contribution in [1.82, 2.24) is 10.7 Å². The van der Waals surface area contributed by atoms with Gasteiger partial charge in [0.1, 0.15) is 13.1 Å². The van der Waals surface area contributed by atoms with Crippen LogP contribution in [0.25, 0.3) is 0 Å². The molecule has 0 radical (unpaired) electrons. The lowest BCUT2D eigenvalue weighted by Gasteiger charge is -2.28. The number of quaternary nitrogens is 1. The van der Waals surface area contributed by atoms with Crippen LogP contribution in [0.3, 0.4) is 0 Å². The second-order valence-corrected chi connectivity index (χ2v) is 6.84. The summed E-state index contributed by atoms with van der Waals surface area (Å²) in [5.74, 6) is 0. The molecule has 2 fully saturated rings. The van der Waals surface area contributed by atoms with E-state index < -0.39 is 0 Å². The van der Waals surface area contributed by atoms with Gasteiger partial charge in [-0.25, -0.2) is 0 Å². The van der Waals surface area contributed by atoms with Gasteiger partial charge in [-0.1, -0.05) is 12.1 Å². The molecule has 0 amide bonds. The Bertz CT molecular complexity index is 584. The van der Waals surface area contributed by atoms with Gasteiger partial charge in [-0.05, 0) is 29.9 Å². The highest BCUT2D eigenvalue weighted by Gasteiger charge is 2.13. The Balaban J connectivity index is 1.35. The van der Waals surface area contributed by atoms with E-state index in [1.807, 2.05) is 0 Å². The summed E-state index contributed by atoms with van der Waals surface area (Å²) in [5, 5.41) is 7.96. The number of hydrazone groups is 1. The predicted molar refractivity (Wildman–Crippen MR) is 107 cm³/mol.